The van der Waals surface area contributed by atoms with Gasteiger partial charge in [0.1, 0.15) is 11.5 Å². The molecule has 9 heteroatoms. The number of nitrogens with zero attached hydrogens (tertiary/aromatic N) is 1. The van der Waals surface area contributed by atoms with Gasteiger partial charge in [-0.1, -0.05) is 59.1 Å². The Morgan fingerprint density at radius 1 is 0.789 bits per heavy atom. The zero-order chi connectivity index (χ0) is 27.3. The Morgan fingerprint density at radius 2 is 1.50 bits per heavy atom. The Labute approximate surface area is 233 Å². The van der Waals surface area contributed by atoms with E-state index in [1.54, 1.807) is 60.7 Å². The average molecular weight is 579 g/mol. The molecule has 0 fully saturated rings. The van der Waals surface area contributed by atoms with E-state index in [1.807, 2.05) is 6.07 Å². The summed E-state index contributed by atoms with van der Waals surface area (Å²) in [5.41, 5.74) is 0.551. The molecule has 1 amide bonds. The van der Waals surface area contributed by atoms with Crippen LogP contribution in [0.2, 0.25) is 15.1 Å². The molecule has 0 aliphatic heterocycles. The van der Waals surface area contributed by atoms with Gasteiger partial charge in [-0.25, -0.2) is 0 Å². The Morgan fingerprint density at radius 3 is 2.21 bits per heavy atom. The molecule has 0 radical (unpaired) electrons. The van der Waals surface area contributed by atoms with Crippen LogP contribution in [0.25, 0.3) is 0 Å². The van der Waals surface area contributed by atoms with Crippen molar-refractivity contribution in [3.05, 3.63) is 128 Å². The molecule has 0 spiro atoms. The van der Waals surface area contributed by atoms with E-state index < -0.39 is 17.6 Å². The first-order valence-corrected chi connectivity index (χ1v) is 12.6. The molecule has 0 saturated heterocycles. The summed E-state index contributed by atoms with van der Waals surface area (Å²) in [6.07, 6.45) is -4.19. The molecule has 0 aliphatic rings. The van der Waals surface area contributed by atoms with Crippen LogP contribution < -0.4 is 4.74 Å². The first-order chi connectivity index (χ1) is 18.1. The maximum atomic E-state index is 13.5. The van der Waals surface area contributed by atoms with Gasteiger partial charge in [0.2, 0.25) is 0 Å². The number of ether oxygens (including phenoxy) is 1. The summed E-state index contributed by atoms with van der Waals surface area (Å²) in [7, 11) is 0. The zero-order valence-corrected chi connectivity index (χ0v) is 22.1. The van der Waals surface area contributed by atoms with Gasteiger partial charge >= 0.3 is 6.18 Å². The van der Waals surface area contributed by atoms with E-state index in [-0.39, 0.29) is 18.7 Å². The lowest BCUT2D eigenvalue weighted by molar-refractivity contribution is -0.137. The summed E-state index contributed by atoms with van der Waals surface area (Å²) in [6, 6.07) is 23.5. The van der Waals surface area contributed by atoms with Gasteiger partial charge in [0.25, 0.3) is 5.91 Å². The highest BCUT2D eigenvalue weighted by Crippen LogP contribution is 2.30. The molecule has 0 N–H and O–H groups in total. The molecule has 0 unspecified atom stereocenters. The predicted octanol–water partition coefficient (Wildman–Crippen LogP) is 9.34. The maximum Gasteiger partial charge on any atom is 0.416 e. The Bertz CT molecular complexity index is 1430. The third kappa shape index (κ3) is 7.44. The molecule has 0 atom stereocenters. The summed E-state index contributed by atoms with van der Waals surface area (Å²) in [5, 5.41) is 1.51. The van der Waals surface area contributed by atoms with E-state index in [0.29, 0.717) is 33.0 Å². The van der Waals surface area contributed by atoms with Gasteiger partial charge in [-0.15, -0.1) is 0 Å². The number of carbonyl (C=O) groups excluding carboxylic acids is 1. The van der Waals surface area contributed by atoms with E-state index in [4.69, 9.17) is 39.5 Å². The number of benzene rings is 4. The van der Waals surface area contributed by atoms with Gasteiger partial charge < -0.3 is 9.64 Å². The first-order valence-electron chi connectivity index (χ1n) is 11.5. The fourth-order valence-corrected chi connectivity index (χ4v) is 4.44. The quantitative estimate of drug-likeness (QED) is 0.208. The van der Waals surface area contributed by atoms with Crippen molar-refractivity contribution < 1.29 is 22.7 Å². The molecule has 4 aromatic carbocycles. The number of halogens is 6. The topological polar surface area (TPSA) is 29.5 Å². The SMILES string of the molecule is O=C(c1cccc(C(F)(F)F)c1)N(CCc1ccc(Cl)cc1Cl)Cc1cccc(Oc2ccc(Cl)cc2)c1. The highest BCUT2D eigenvalue weighted by atomic mass is 35.5. The van der Waals surface area contributed by atoms with Crippen molar-refractivity contribution in [1.29, 1.82) is 0 Å². The largest absolute Gasteiger partial charge is 0.457 e. The van der Waals surface area contributed by atoms with Gasteiger partial charge in [0.15, 0.2) is 0 Å². The van der Waals surface area contributed by atoms with Crippen LogP contribution in [0.15, 0.2) is 91.0 Å². The van der Waals surface area contributed by atoms with Crippen molar-refractivity contribution in [1.82, 2.24) is 4.90 Å². The Kier molecular flexibility index (Phi) is 8.87. The van der Waals surface area contributed by atoms with Crippen LogP contribution in [0.1, 0.15) is 27.0 Å². The molecule has 4 rings (SSSR count). The summed E-state index contributed by atoms with van der Waals surface area (Å²) in [6.45, 7) is 0.344. The molecule has 4 aromatic rings. The lowest BCUT2D eigenvalue weighted by atomic mass is 10.1. The normalized spacial score (nSPS) is 11.3. The van der Waals surface area contributed by atoms with Crippen molar-refractivity contribution in [3.8, 4) is 11.5 Å². The molecular formula is C29H21Cl3F3NO2. The minimum atomic E-state index is -4.56. The molecule has 3 nitrogen and oxygen atoms in total. The van der Waals surface area contributed by atoms with E-state index in [2.05, 4.69) is 0 Å². The smallest absolute Gasteiger partial charge is 0.416 e. The average Bonchev–Trinajstić information content (AvgIpc) is 2.88. The zero-order valence-electron chi connectivity index (χ0n) is 19.8. The van der Waals surface area contributed by atoms with Crippen LogP contribution >= 0.6 is 34.8 Å². The van der Waals surface area contributed by atoms with Crippen molar-refractivity contribution in [2.24, 2.45) is 0 Å². The van der Waals surface area contributed by atoms with Crippen molar-refractivity contribution >= 4 is 40.7 Å². The van der Waals surface area contributed by atoms with Crippen LogP contribution in [0.4, 0.5) is 13.2 Å². The van der Waals surface area contributed by atoms with Gasteiger partial charge in [0.05, 0.1) is 5.56 Å². The first kappa shape index (κ1) is 27.8. The van der Waals surface area contributed by atoms with Crippen molar-refractivity contribution in [2.75, 3.05) is 6.54 Å². The lowest BCUT2D eigenvalue weighted by Gasteiger charge is -2.24. The second-order valence-electron chi connectivity index (χ2n) is 8.49. The monoisotopic (exact) mass is 577 g/mol. The second-order valence-corrected chi connectivity index (χ2v) is 9.77. The Balaban J connectivity index is 1.59. The van der Waals surface area contributed by atoms with E-state index in [1.165, 1.54) is 17.0 Å². The van der Waals surface area contributed by atoms with Gasteiger partial charge in [-0.3, -0.25) is 4.79 Å². The van der Waals surface area contributed by atoms with E-state index in [9.17, 15) is 18.0 Å². The standard InChI is InChI=1S/C29H21Cl3F3NO2/c30-23-9-11-25(12-10-23)38-26-6-1-3-19(15-26)18-36(14-13-20-7-8-24(31)17-27(20)32)28(37)21-4-2-5-22(16-21)29(33,34)35/h1-12,15-17H,13-14,18H2. The number of carbonyl (C=O) groups is 1. The van der Waals surface area contributed by atoms with Crippen LogP contribution in [-0.2, 0) is 19.1 Å². The van der Waals surface area contributed by atoms with Gasteiger partial charge in [0, 0.05) is 33.7 Å². The summed E-state index contributed by atoms with van der Waals surface area (Å²) in [4.78, 5) is 14.9. The van der Waals surface area contributed by atoms with Crippen molar-refractivity contribution in [3.63, 3.8) is 0 Å². The number of rotatable bonds is 8. The lowest BCUT2D eigenvalue weighted by Crippen LogP contribution is -2.32. The molecular weight excluding hydrogens is 558 g/mol. The molecule has 0 heterocycles. The number of hydrogen-bond acceptors (Lipinski definition) is 2. The van der Waals surface area contributed by atoms with Gasteiger partial charge in [-0.05, 0) is 84.3 Å². The van der Waals surface area contributed by atoms with Crippen LogP contribution in [-0.4, -0.2) is 17.4 Å². The summed E-state index contributed by atoms with van der Waals surface area (Å²) in [5.74, 6) is 0.586. The molecule has 0 bridgehead atoms. The van der Waals surface area contributed by atoms with E-state index >= 15 is 0 Å². The second kappa shape index (κ2) is 12.1. The molecule has 38 heavy (non-hydrogen) atoms. The number of hydrogen-bond donors (Lipinski definition) is 0. The fourth-order valence-electron chi connectivity index (χ4n) is 3.81. The summed E-state index contributed by atoms with van der Waals surface area (Å²) >= 11 is 18.2. The van der Waals surface area contributed by atoms with Crippen molar-refractivity contribution in [2.45, 2.75) is 19.1 Å². The minimum Gasteiger partial charge on any atom is -0.457 e. The van der Waals surface area contributed by atoms with Gasteiger partial charge in [-0.2, -0.15) is 13.2 Å². The number of amides is 1. The predicted molar refractivity (Wildman–Crippen MR) is 144 cm³/mol. The highest BCUT2D eigenvalue weighted by Gasteiger charge is 2.31. The fraction of sp³-hybridized carbons (Fsp3) is 0.138. The maximum absolute atomic E-state index is 13.5. The third-order valence-electron chi connectivity index (χ3n) is 5.71. The highest BCUT2D eigenvalue weighted by molar-refractivity contribution is 6.35. The molecule has 0 saturated carbocycles. The molecule has 0 aromatic heterocycles. The van der Waals surface area contributed by atoms with E-state index in [0.717, 1.165) is 23.3 Å². The van der Waals surface area contributed by atoms with Crippen LogP contribution in [0.3, 0.4) is 0 Å². The molecule has 196 valence electrons. The molecule has 0 aliphatic carbocycles. The minimum absolute atomic E-state index is 0.0596. The number of alkyl halides is 3. The Hall–Kier alpha value is -3.19. The summed E-state index contributed by atoms with van der Waals surface area (Å²) < 4.78 is 45.8. The third-order valence-corrected chi connectivity index (χ3v) is 6.55. The van der Waals surface area contributed by atoms with Crippen LogP contribution in [0, 0.1) is 0 Å². The van der Waals surface area contributed by atoms with Crippen LogP contribution in [0.5, 0.6) is 11.5 Å².